The van der Waals surface area contributed by atoms with Crippen LogP contribution in [-0.4, -0.2) is 52.8 Å². The second-order valence-corrected chi connectivity index (χ2v) is 8.48. The molecule has 0 aromatic heterocycles. The minimum atomic E-state index is -1.09. The van der Waals surface area contributed by atoms with E-state index in [2.05, 4.69) is 5.32 Å². The van der Waals surface area contributed by atoms with Crippen LogP contribution in [0.15, 0.2) is 24.3 Å². The van der Waals surface area contributed by atoms with Crippen LogP contribution in [0, 0.1) is 5.92 Å². The molecule has 1 fully saturated rings. The second kappa shape index (κ2) is 8.41. The average Bonchev–Trinajstić information content (AvgIpc) is 3.04. The van der Waals surface area contributed by atoms with Crippen molar-refractivity contribution in [3.05, 3.63) is 35.4 Å². The molecule has 8 heteroatoms. The molecule has 1 saturated heterocycles. The molecule has 2 N–H and O–H groups in total. The molecule has 2 aliphatic heterocycles. The Bertz CT molecular complexity index is 782. The SMILES string of the molecule is CC(C)(C)OC(=O)N[C@H](C(=O)N1Cc2ccccc2C1C(=O)O)C1CCOCC1. The number of carboxylic acids is 1. The summed E-state index contributed by atoms with van der Waals surface area (Å²) in [7, 11) is 0. The number of carbonyl (C=O) groups is 3. The first kappa shape index (κ1) is 21.1. The molecule has 8 nitrogen and oxygen atoms in total. The molecule has 2 heterocycles. The van der Waals surface area contributed by atoms with E-state index in [0.717, 1.165) is 5.56 Å². The van der Waals surface area contributed by atoms with Crippen molar-refractivity contribution >= 4 is 18.0 Å². The molecular weight excluding hydrogens is 376 g/mol. The first-order chi connectivity index (χ1) is 13.7. The quantitative estimate of drug-likeness (QED) is 0.799. The fourth-order valence-electron chi connectivity index (χ4n) is 3.90. The summed E-state index contributed by atoms with van der Waals surface area (Å²) in [5.74, 6) is -1.65. The first-order valence-electron chi connectivity index (χ1n) is 9.86. The van der Waals surface area contributed by atoms with Gasteiger partial charge >= 0.3 is 12.1 Å². The fourth-order valence-corrected chi connectivity index (χ4v) is 3.90. The lowest BCUT2D eigenvalue weighted by molar-refractivity contribution is -0.152. The van der Waals surface area contributed by atoms with Crippen molar-refractivity contribution in [1.82, 2.24) is 10.2 Å². The van der Waals surface area contributed by atoms with Crippen LogP contribution in [0.3, 0.4) is 0 Å². The summed E-state index contributed by atoms with van der Waals surface area (Å²) >= 11 is 0. The van der Waals surface area contributed by atoms with Gasteiger partial charge in [0.05, 0.1) is 0 Å². The predicted molar refractivity (Wildman–Crippen MR) is 104 cm³/mol. The molecule has 1 aromatic carbocycles. The largest absolute Gasteiger partial charge is 0.479 e. The molecule has 2 amide bonds. The molecule has 0 bridgehead atoms. The molecule has 3 rings (SSSR count). The van der Waals surface area contributed by atoms with Crippen LogP contribution in [0.1, 0.15) is 50.8 Å². The highest BCUT2D eigenvalue weighted by Crippen LogP contribution is 2.35. The number of aliphatic carboxylic acids is 1. The normalized spacial score (nSPS) is 20.7. The van der Waals surface area contributed by atoms with Crippen LogP contribution >= 0.6 is 0 Å². The summed E-state index contributed by atoms with van der Waals surface area (Å²) in [5, 5.41) is 12.5. The molecule has 1 unspecified atom stereocenters. The van der Waals surface area contributed by atoms with Gasteiger partial charge in [-0.05, 0) is 50.7 Å². The van der Waals surface area contributed by atoms with Crippen LogP contribution in [0.5, 0.6) is 0 Å². The lowest BCUT2D eigenvalue weighted by Gasteiger charge is -2.34. The molecule has 1 aromatic rings. The zero-order valence-corrected chi connectivity index (χ0v) is 17.0. The minimum absolute atomic E-state index is 0.151. The van der Waals surface area contributed by atoms with E-state index in [9.17, 15) is 19.5 Å². The van der Waals surface area contributed by atoms with Crippen LogP contribution in [0.25, 0.3) is 0 Å². The number of nitrogens with one attached hydrogen (secondary N) is 1. The highest BCUT2D eigenvalue weighted by Gasteiger charge is 2.43. The van der Waals surface area contributed by atoms with Gasteiger partial charge in [0.1, 0.15) is 11.6 Å². The summed E-state index contributed by atoms with van der Waals surface area (Å²) in [4.78, 5) is 39.2. The van der Waals surface area contributed by atoms with Crippen molar-refractivity contribution < 1.29 is 29.0 Å². The number of carboxylic acid groups (broad SMARTS) is 1. The number of benzene rings is 1. The Labute approximate surface area is 170 Å². The third kappa shape index (κ3) is 4.87. The monoisotopic (exact) mass is 404 g/mol. The van der Waals surface area contributed by atoms with Crippen LogP contribution in [0.4, 0.5) is 4.79 Å². The third-order valence-corrected chi connectivity index (χ3v) is 5.19. The van der Waals surface area contributed by atoms with E-state index in [4.69, 9.17) is 9.47 Å². The summed E-state index contributed by atoms with van der Waals surface area (Å²) in [5.41, 5.74) is 0.702. The van der Waals surface area contributed by atoms with Crippen molar-refractivity contribution in [3.63, 3.8) is 0 Å². The molecule has 0 aliphatic carbocycles. The van der Waals surface area contributed by atoms with E-state index in [1.54, 1.807) is 32.9 Å². The van der Waals surface area contributed by atoms with E-state index >= 15 is 0 Å². The van der Waals surface area contributed by atoms with E-state index in [1.807, 2.05) is 12.1 Å². The van der Waals surface area contributed by atoms with E-state index < -0.39 is 35.7 Å². The highest BCUT2D eigenvalue weighted by atomic mass is 16.6. The van der Waals surface area contributed by atoms with Gasteiger partial charge in [-0.2, -0.15) is 0 Å². The van der Waals surface area contributed by atoms with Crippen molar-refractivity contribution in [2.45, 2.75) is 57.8 Å². The Kier molecular flexibility index (Phi) is 6.12. The maximum absolute atomic E-state index is 13.5. The van der Waals surface area contributed by atoms with Gasteiger partial charge in [0.25, 0.3) is 0 Å². The number of alkyl carbamates (subject to hydrolysis) is 1. The molecule has 2 aliphatic rings. The number of amides is 2. The van der Waals surface area contributed by atoms with Gasteiger partial charge < -0.3 is 24.8 Å². The number of nitrogens with zero attached hydrogens (tertiary/aromatic N) is 1. The lowest BCUT2D eigenvalue weighted by atomic mass is 9.90. The van der Waals surface area contributed by atoms with Crippen LogP contribution < -0.4 is 5.32 Å². The van der Waals surface area contributed by atoms with E-state index in [1.165, 1.54) is 4.90 Å². The number of carbonyl (C=O) groups excluding carboxylic acids is 2. The van der Waals surface area contributed by atoms with Crippen molar-refractivity contribution in [3.8, 4) is 0 Å². The van der Waals surface area contributed by atoms with E-state index in [-0.39, 0.29) is 12.5 Å². The van der Waals surface area contributed by atoms with Crippen molar-refractivity contribution in [2.75, 3.05) is 13.2 Å². The molecule has 2 atom stereocenters. The Morgan fingerprint density at radius 2 is 1.86 bits per heavy atom. The van der Waals surface area contributed by atoms with Gasteiger partial charge in [-0.3, -0.25) is 4.79 Å². The Morgan fingerprint density at radius 1 is 1.21 bits per heavy atom. The number of hydrogen-bond acceptors (Lipinski definition) is 5. The third-order valence-electron chi connectivity index (χ3n) is 5.19. The highest BCUT2D eigenvalue weighted by molar-refractivity contribution is 5.91. The van der Waals surface area contributed by atoms with Crippen molar-refractivity contribution in [1.29, 1.82) is 0 Å². The molecule has 0 radical (unpaired) electrons. The summed E-state index contributed by atoms with van der Waals surface area (Å²) in [6.07, 6.45) is 0.515. The zero-order valence-electron chi connectivity index (χ0n) is 17.0. The van der Waals surface area contributed by atoms with E-state index in [0.29, 0.717) is 31.6 Å². The molecule has 0 saturated carbocycles. The standard InChI is InChI=1S/C21H28N2O6/c1-21(2,3)29-20(27)22-16(13-8-10-28-11-9-13)18(24)23-12-14-6-4-5-7-15(14)17(23)19(25)26/h4-7,13,16-17H,8-12H2,1-3H3,(H,22,27)(H,25,26)/t16-,17?/m0/s1. The maximum atomic E-state index is 13.5. The van der Waals surface area contributed by atoms with Gasteiger partial charge in [-0.1, -0.05) is 24.3 Å². The van der Waals surface area contributed by atoms with Crippen molar-refractivity contribution in [2.24, 2.45) is 5.92 Å². The summed E-state index contributed by atoms with van der Waals surface area (Å²) in [6, 6.07) is 5.19. The molecular formula is C21H28N2O6. The molecule has 0 spiro atoms. The lowest BCUT2D eigenvalue weighted by Crippen LogP contribution is -2.54. The first-order valence-corrected chi connectivity index (χ1v) is 9.86. The zero-order chi connectivity index (χ0) is 21.2. The van der Waals surface area contributed by atoms with Gasteiger partial charge in [-0.25, -0.2) is 9.59 Å². The van der Waals surface area contributed by atoms with Crippen LogP contribution in [-0.2, 0) is 25.6 Å². The fraction of sp³-hybridized carbons (Fsp3) is 0.571. The number of fused-ring (bicyclic) bond motifs is 1. The Morgan fingerprint density at radius 3 is 2.48 bits per heavy atom. The van der Waals surface area contributed by atoms with Gasteiger partial charge in [0, 0.05) is 19.8 Å². The predicted octanol–water partition coefficient (Wildman–Crippen LogP) is 2.47. The summed E-state index contributed by atoms with van der Waals surface area (Å²) < 4.78 is 10.7. The second-order valence-electron chi connectivity index (χ2n) is 8.48. The minimum Gasteiger partial charge on any atom is -0.479 e. The van der Waals surface area contributed by atoms with Gasteiger partial charge in [0.15, 0.2) is 6.04 Å². The van der Waals surface area contributed by atoms with Gasteiger partial charge in [-0.15, -0.1) is 0 Å². The van der Waals surface area contributed by atoms with Gasteiger partial charge in [0.2, 0.25) is 5.91 Å². The Hall–Kier alpha value is -2.61. The Balaban J connectivity index is 1.85. The molecule has 158 valence electrons. The number of rotatable bonds is 4. The summed E-state index contributed by atoms with van der Waals surface area (Å²) in [6.45, 7) is 6.42. The topological polar surface area (TPSA) is 105 Å². The smallest absolute Gasteiger partial charge is 0.408 e. The average molecular weight is 404 g/mol. The number of hydrogen-bond donors (Lipinski definition) is 2. The van der Waals surface area contributed by atoms with Crippen LogP contribution in [0.2, 0.25) is 0 Å². The number of ether oxygens (including phenoxy) is 2. The maximum Gasteiger partial charge on any atom is 0.408 e. The molecule has 29 heavy (non-hydrogen) atoms.